The van der Waals surface area contributed by atoms with Crippen molar-refractivity contribution in [2.75, 3.05) is 0 Å². The predicted octanol–water partition coefficient (Wildman–Crippen LogP) is 2.20. The maximum Gasteiger partial charge on any atom is 0.226 e. The van der Waals surface area contributed by atoms with E-state index in [9.17, 15) is 4.79 Å². The van der Waals surface area contributed by atoms with Crippen LogP contribution >= 0.6 is 0 Å². The van der Waals surface area contributed by atoms with Crippen molar-refractivity contribution < 1.29 is 4.79 Å². The summed E-state index contributed by atoms with van der Waals surface area (Å²) in [6, 6.07) is 10.8. The molecule has 3 rings (SSSR count). The van der Waals surface area contributed by atoms with Gasteiger partial charge in [0.05, 0.1) is 0 Å². The van der Waals surface area contributed by atoms with Gasteiger partial charge >= 0.3 is 0 Å². The van der Waals surface area contributed by atoms with Gasteiger partial charge in [0, 0.05) is 18.5 Å². The zero-order chi connectivity index (χ0) is 10.3. The Hall–Kier alpha value is -1.31. The van der Waals surface area contributed by atoms with Crippen molar-refractivity contribution in [3.8, 4) is 0 Å². The molecule has 0 spiro atoms. The normalized spacial score (nSPS) is 28.8. The summed E-state index contributed by atoms with van der Waals surface area (Å²) in [4.78, 5) is 14.0. The van der Waals surface area contributed by atoms with Gasteiger partial charge in [-0.3, -0.25) is 4.79 Å². The highest BCUT2D eigenvalue weighted by Crippen LogP contribution is 2.39. The number of carbonyl (C=O) groups excluding carboxylic acids is 1. The van der Waals surface area contributed by atoms with E-state index in [-0.39, 0.29) is 0 Å². The van der Waals surface area contributed by atoms with Crippen molar-refractivity contribution in [2.45, 2.75) is 31.8 Å². The number of piperidine rings is 1. The second-order valence-corrected chi connectivity index (χ2v) is 4.62. The van der Waals surface area contributed by atoms with Crippen molar-refractivity contribution in [3.05, 3.63) is 35.9 Å². The van der Waals surface area contributed by atoms with Gasteiger partial charge in [-0.05, 0) is 24.8 Å². The van der Waals surface area contributed by atoms with Crippen molar-refractivity contribution in [2.24, 2.45) is 5.92 Å². The largest absolute Gasteiger partial charge is 0.335 e. The van der Waals surface area contributed by atoms with Crippen LogP contribution in [0.25, 0.3) is 0 Å². The minimum atomic E-state index is 0.346. The lowest BCUT2D eigenvalue weighted by Gasteiger charge is -2.27. The first-order valence-corrected chi connectivity index (χ1v) is 5.69. The molecule has 0 aromatic heterocycles. The Balaban J connectivity index is 1.77. The summed E-state index contributed by atoms with van der Waals surface area (Å²) < 4.78 is 0. The van der Waals surface area contributed by atoms with E-state index in [1.807, 2.05) is 18.2 Å². The summed E-state index contributed by atoms with van der Waals surface area (Å²) in [5.41, 5.74) is 1.25. The number of likely N-dealkylation sites (tertiary alicyclic amines) is 1. The molecule has 2 heteroatoms. The zero-order valence-corrected chi connectivity index (χ0v) is 8.73. The third kappa shape index (κ3) is 1.44. The van der Waals surface area contributed by atoms with Crippen LogP contribution in [0.5, 0.6) is 0 Å². The molecule has 1 saturated heterocycles. The van der Waals surface area contributed by atoms with E-state index in [0.29, 0.717) is 17.9 Å². The number of carbonyl (C=O) groups is 1. The predicted molar refractivity (Wildman–Crippen MR) is 58.1 cm³/mol. The molecular weight excluding hydrogens is 186 g/mol. The van der Waals surface area contributed by atoms with Crippen LogP contribution in [0.4, 0.5) is 0 Å². The molecule has 1 heterocycles. The number of hydrogen-bond donors (Lipinski definition) is 0. The number of amides is 1. The summed E-state index contributed by atoms with van der Waals surface area (Å²) in [6.45, 7) is 0.806. The Morgan fingerprint density at radius 1 is 1.20 bits per heavy atom. The van der Waals surface area contributed by atoms with E-state index < -0.39 is 0 Å². The third-order valence-corrected chi connectivity index (χ3v) is 3.67. The van der Waals surface area contributed by atoms with Crippen LogP contribution in [-0.4, -0.2) is 16.8 Å². The lowest BCUT2D eigenvalue weighted by molar-refractivity contribution is -0.134. The molecule has 1 amide bonds. The van der Waals surface area contributed by atoms with Gasteiger partial charge in [-0.25, -0.2) is 0 Å². The lowest BCUT2D eigenvalue weighted by Crippen LogP contribution is -2.36. The maximum absolute atomic E-state index is 11.9. The van der Waals surface area contributed by atoms with E-state index in [4.69, 9.17) is 0 Å². The Labute approximate surface area is 89.9 Å². The van der Waals surface area contributed by atoms with Crippen molar-refractivity contribution in [1.29, 1.82) is 0 Å². The number of nitrogens with zero attached hydrogens (tertiary/aromatic N) is 1. The standard InChI is InChI=1S/C13H15NO/c15-13-11-6-7-12(8-11)14(13)9-10-4-2-1-3-5-10/h1-5,11-12H,6-9H2/t11-,12+/m0/s1. The summed E-state index contributed by atoms with van der Waals surface area (Å²) in [5.74, 6) is 0.730. The summed E-state index contributed by atoms with van der Waals surface area (Å²) >= 11 is 0. The summed E-state index contributed by atoms with van der Waals surface area (Å²) in [7, 11) is 0. The van der Waals surface area contributed by atoms with E-state index in [2.05, 4.69) is 17.0 Å². The molecule has 15 heavy (non-hydrogen) atoms. The molecule has 78 valence electrons. The fourth-order valence-corrected chi connectivity index (χ4v) is 2.87. The molecule has 2 nitrogen and oxygen atoms in total. The maximum atomic E-state index is 11.9. The zero-order valence-electron chi connectivity index (χ0n) is 8.73. The molecule has 2 fully saturated rings. The van der Waals surface area contributed by atoms with E-state index in [1.54, 1.807) is 0 Å². The quantitative estimate of drug-likeness (QED) is 0.718. The Morgan fingerprint density at radius 2 is 2.00 bits per heavy atom. The van der Waals surface area contributed by atoms with Crippen molar-refractivity contribution >= 4 is 5.91 Å². The lowest BCUT2D eigenvalue weighted by atomic mass is 10.1. The SMILES string of the molecule is O=C1[C@H]2CC[C@H](C2)N1Cc1ccccc1. The summed E-state index contributed by atoms with van der Waals surface area (Å²) in [5, 5.41) is 0. The molecule has 1 aliphatic carbocycles. The molecule has 1 aliphatic heterocycles. The topological polar surface area (TPSA) is 20.3 Å². The van der Waals surface area contributed by atoms with Gasteiger partial charge in [-0.1, -0.05) is 30.3 Å². The third-order valence-electron chi connectivity index (χ3n) is 3.67. The molecule has 1 aromatic rings. The number of rotatable bonds is 2. The van der Waals surface area contributed by atoms with Gasteiger partial charge in [0.25, 0.3) is 0 Å². The first kappa shape index (κ1) is 8.96. The average molecular weight is 201 g/mol. The molecule has 0 radical (unpaired) electrons. The number of hydrogen-bond acceptors (Lipinski definition) is 1. The van der Waals surface area contributed by atoms with Crippen LogP contribution in [0.3, 0.4) is 0 Å². The highest BCUT2D eigenvalue weighted by molar-refractivity contribution is 5.82. The highest BCUT2D eigenvalue weighted by atomic mass is 16.2. The number of benzene rings is 1. The second kappa shape index (κ2) is 3.37. The van der Waals surface area contributed by atoms with E-state index in [0.717, 1.165) is 19.4 Å². The smallest absolute Gasteiger partial charge is 0.226 e. The van der Waals surface area contributed by atoms with E-state index in [1.165, 1.54) is 12.0 Å². The minimum absolute atomic E-state index is 0.346. The van der Waals surface area contributed by atoms with Crippen LogP contribution in [0, 0.1) is 5.92 Å². The molecule has 2 aliphatic rings. The van der Waals surface area contributed by atoms with Gasteiger partial charge in [0.1, 0.15) is 0 Å². The van der Waals surface area contributed by atoms with Gasteiger partial charge in [0.2, 0.25) is 5.91 Å². The molecule has 1 saturated carbocycles. The minimum Gasteiger partial charge on any atom is -0.335 e. The molecular formula is C13H15NO. The van der Waals surface area contributed by atoms with Crippen LogP contribution in [0.1, 0.15) is 24.8 Å². The summed E-state index contributed by atoms with van der Waals surface area (Å²) in [6.07, 6.45) is 3.43. The Morgan fingerprint density at radius 3 is 2.67 bits per heavy atom. The highest BCUT2D eigenvalue weighted by Gasteiger charge is 2.44. The fourth-order valence-electron chi connectivity index (χ4n) is 2.87. The van der Waals surface area contributed by atoms with Crippen LogP contribution < -0.4 is 0 Å². The molecule has 0 unspecified atom stereocenters. The fraction of sp³-hybridized carbons (Fsp3) is 0.462. The first-order valence-electron chi connectivity index (χ1n) is 5.69. The first-order chi connectivity index (χ1) is 7.34. The van der Waals surface area contributed by atoms with Crippen molar-refractivity contribution in [3.63, 3.8) is 0 Å². The van der Waals surface area contributed by atoms with Crippen molar-refractivity contribution in [1.82, 2.24) is 4.90 Å². The molecule has 1 aromatic carbocycles. The Kier molecular flexibility index (Phi) is 2.01. The van der Waals surface area contributed by atoms with Gasteiger partial charge in [-0.2, -0.15) is 0 Å². The second-order valence-electron chi connectivity index (χ2n) is 4.62. The Bertz CT molecular complexity index is 373. The van der Waals surface area contributed by atoms with Gasteiger partial charge in [0.15, 0.2) is 0 Å². The molecule has 2 bridgehead atoms. The van der Waals surface area contributed by atoms with Crippen LogP contribution in [-0.2, 0) is 11.3 Å². The van der Waals surface area contributed by atoms with Gasteiger partial charge < -0.3 is 4.90 Å². The molecule has 2 atom stereocenters. The van der Waals surface area contributed by atoms with Gasteiger partial charge in [-0.15, -0.1) is 0 Å². The van der Waals surface area contributed by atoms with Crippen LogP contribution in [0.15, 0.2) is 30.3 Å². The van der Waals surface area contributed by atoms with Crippen LogP contribution in [0.2, 0.25) is 0 Å². The monoisotopic (exact) mass is 201 g/mol. The van der Waals surface area contributed by atoms with E-state index >= 15 is 0 Å². The average Bonchev–Trinajstić information content (AvgIpc) is 2.84. The molecule has 0 N–H and O–H groups in total. The number of fused-ring (bicyclic) bond motifs is 2.